The number of benzene rings is 3. The van der Waals surface area contributed by atoms with Gasteiger partial charge in [0.05, 0.1) is 22.9 Å². The molecule has 2 aliphatic rings. The Hall–Kier alpha value is -3.71. The third-order valence-electron chi connectivity index (χ3n) is 8.83. The molecule has 1 unspecified atom stereocenters. The zero-order valence-corrected chi connectivity index (χ0v) is 27.7. The summed E-state index contributed by atoms with van der Waals surface area (Å²) in [6.07, 6.45) is 1.81. The van der Waals surface area contributed by atoms with Crippen LogP contribution in [0.1, 0.15) is 133 Å². The van der Waals surface area contributed by atoms with Gasteiger partial charge in [0.1, 0.15) is 11.7 Å². The summed E-state index contributed by atoms with van der Waals surface area (Å²) in [7, 11) is 0. The number of aryl methyl sites for hydroxylation is 1. The largest absolute Gasteiger partial charge is 0.283 e. The summed E-state index contributed by atoms with van der Waals surface area (Å²) in [4.78, 5) is 7.65. The summed E-state index contributed by atoms with van der Waals surface area (Å²) in [5, 5.41) is 19.9. The van der Waals surface area contributed by atoms with E-state index in [1.165, 1.54) is 11.1 Å². The van der Waals surface area contributed by atoms with Crippen molar-refractivity contribution in [2.24, 2.45) is 4.99 Å². The van der Waals surface area contributed by atoms with Crippen LogP contribution in [-0.4, -0.2) is 17.2 Å². The molecule has 222 valence electrons. The van der Waals surface area contributed by atoms with Crippen LogP contribution in [0.3, 0.4) is 0 Å². The SMILES string of the molecule is CC.CC.CC[C@]12CC1(C)c1c(C#N)cccc1C(N(C(=N)c1ccccc1C)c1c(C(C)C)cccc1C(C)C)=N2. The maximum Gasteiger partial charge on any atom is 0.142 e. The summed E-state index contributed by atoms with van der Waals surface area (Å²) in [5.74, 6) is 1.73. The topological polar surface area (TPSA) is 63.2 Å². The molecule has 5 rings (SSSR count). The number of rotatable bonds is 5. The van der Waals surface area contributed by atoms with E-state index in [9.17, 15) is 10.7 Å². The molecule has 4 heteroatoms. The number of nitrogens with zero attached hydrogens (tertiary/aromatic N) is 3. The van der Waals surface area contributed by atoms with E-state index in [4.69, 9.17) is 4.99 Å². The number of anilines is 1. The number of hydrogen-bond acceptors (Lipinski definition) is 3. The summed E-state index contributed by atoms with van der Waals surface area (Å²) in [6.45, 7) is 23.4. The molecule has 1 aliphatic heterocycles. The molecule has 1 saturated carbocycles. The van der Waals surface area contributed by atoms with E-state index in [2.05, 4.69) is 89.8 Å². The first-order valence-corrected chi connectivity index (χ1v) is 15.8. The van der Waals surface area contributed by atoms with Crippen LogP contribution in [-0.2, 0) is 5.41 Å². The lowest BCUT2D eigenvalue weighted by Crippen LogP contribution is -2.44. The lowest BCUT2D eigenvalue weighted by molar-refractivity contribution is 0.540. The number of fused-ring (bicyclic) bond motifs is 3. The van der Waals surface area contributed by atoms with Crippen molar-refractivity contribution >= 4 is 17.4 Å². The molecule has 4 nitrogen and oxygen atoms in total. The normalized spacial score (nSPS) is 19.7. The van der Waals surface area contributed by atoms with Crippen LogP contribution in [0.25, 0.3) is 0 Å². The molecule has 3 aromatic carbocycles. The Balaban J connectivity index is 0.00000116. The zero-order chi connectivity index (χ0) is 31.4. The first-order valence-electron chi connectivity index (χ1n) is 15.8. The Morgan fingerprint density at radius 2 is 1.50 bits per heavy atom. The Labute approximate surface area is 255 Å². The predicted octanol–water partition coefficient (Wildman–Crippen LogP) is 10.3. The van der Waals surface area contributed by atoms with E-state index in [0.29, 0.717) is 5.84 Å². The number of hydrogen-bond donors (Lipinski definition) is 1. The first-order chi connectivity index (χ1) is 20.1. The molecular weight excluding hydrogens is 512 g/mol. The predicted molar refractivity (Wildman–Crippen MR) is 180 cm³/mol. The van der Waals surface area contributed by atoms with Gasteiger partial charge >= 0.3 is 0 Å². The maximum atomic E-state index is 10.2. The lowest BCUT2D eigenvalue weighted by Gasteiger charge is -2.37. The van der Waals surface area contributed by atoms with Gasteiger partial charge in [-0.2, -0.15) is 5.26 Å². The second-order valence-electron chi connectivity index (χ2n) is 11.8. The van der Waals surface area contributed by atoms with Crippen LogP contribution in [0.5, 0.6) is 0 Å². The summed E-state index contributed by atoms with van der Waals surface area (Å²) < 4.78 is 0. The van der Waals surface area contributed by atoms with Crippen molar-refractivity contribution in [3.8, 4) is 6.07 Å². The third-order valence-corrected chi connectivity index (χ3v) is 8.83. The highest BCUT2D eigenvalue weighted by molar-refractivity contribution is 6.30. The molecule has 2 atom stereocenters. The van der Waals surface area contributed by atoms with E-state index >= 15 is 0 Å². The lowest BCUT2D eigenvalue weighted by atomic mass is 9.81. The van der Waals surface area contributed by atoms with Crippen molar-refractivity contribution in [3.05, 3.63) is 99.6 Å². The van der Waals surface area contributed by atoms with Crippen molar-refractivity contribution in [1.29, 1.82) is 10.7 Å². The number of para-hydroxylation sites is 1. The Bertz CT molecular complexity index is 1480. The van der Waals surface area contributed by atoms with E-state index in [0.717, 1.165) is 52.2 Å². The minimum atomic E-state index is -0.267. The van der Waals surface area contributed by atoms with Crippen molar-refractivity contribution < 1.29 is 0 Å². The minimum Gasteiger partial charge on any atom is -0.283 e. The third kappa shape index (κ3) is 5.31. The molecule has 1 fully saturated rings. The number of nitrogens with one attached hydrogen (secondary N) is 1. The second-order valence-corrected chi connectivity index (χ2v) is 11.8. The van der Waals surface area contributed by atoms with Crippen molar-refractivity contribution in [1.82, 2.24) is 0 Å². The Morgan fingerprint density at radius 1 is 0.929 bits per heavy atom. The van der Waals surface area contributed by atoms with Gasteiger partial charge in [-0.25, -0.2) is 0 Å². The van der Waals surface area contributed by atoms with Crippen molar-refractivity contribution in [2.75, 3.05) is 4.90 Å². The standard InChI is InChI=1S/C34H38N4.2C2H6/c1-8-34-20-33(34,7)29-24(19-35)14-11-18-28(29)32(37-34)38(31(36)27-15-10-9-13-23(27)6)30-25(21(2)3)16-12-17-26(30)22(4)5;2*1-2/h9-18,21-22,36H,8,20H2,1-7H3;2*1-2H3/t33?,34-;;/m0../s1. The molecule has 0 bridgehead atoms. The number of nitriles is 1. The summed E-state index contributed by atoms with van der Waals surface area (Å²) in [5.41, 5.74) is 7.74. The number of amidine groups is 2. The van der Waals surface area contributed by atoms with Gasteiger partial charge in [-0.15, -0.1) is 0 Å². The van der Waals surface area contributed by atoms with Crippen molar-refractivity contribution in [3.63, 3.8) is 0 Å². The molecular formula is C38H50N4. The highest BCUT2D eigenvalue weighted by Gasteiger charge is 2.68. The number of aliphatic imine (C=N–C) groups is 1. The molecule has 0 spiro atoms. The molecule has 3 aromatic rings. The van der Waals surface area contributed by atoms with E-state index in [1.807, 2.05) is 58.0 Å². The fraction of sp³-hybridized carbons (Fsp3) is 0.447. The van der Waals surface area contributed by atoms with E-state index in [-0.39, 0.29) is 22.8 Å². The zero-order valence-electron chi connectivity index (χ0n) is 27.7. The van der Waals surface area contributed by atoms with Gasteiger partial charge in [0.25, 0.3) is 0 Å². The summed E-state index contributed by atoms with van der Waals surface area (Å²) in [6, 6.07) is 23.1. The van der Waals surface area contributed by atoms with Crippen LogP contribution in [0.2, 0.25) is 0 Å². The fourth-order valence-corrected chi connectivity index (χ4v) is 6.53. The van der Waals surface area contributed by atoms with Crippen LogP contribution >= 0.6 is 0 Å². The van der Waals surface area contributed by atoms with Crippen LogP contribution < -0.4 is 4.90 Å². The van der Waals surface area contributed by atoms with Crippen LogP contribution in [0, 0.1) is 23.7 Å². The maximum absolute atomic E-state index is 10.2. The molecule has 0 saturated heterocycles. The molecule has 1 heterocycles. The average molecular weight is 563 g/mol. The monoisotopic (exact) mass is 562 g/mol. The Kier molecular flexibility index (Phi) is 10.2. The molecule has 42 heavy (non-hydrogen) atoms. The van der Waals surface area contributed by atoms with E-state index < -0.39 is 0 Å². The Morgan fingerprint density at radius 3 is 2.02 bits per heavy atom. The molecule has 0 aromatic heterocycles. The first kappa shape index (κ1) is 32.8. The van der Waals surface area contributed by atoms with Gasteiger partial charge < -0.3 is 0 Å². The minimum absolute atomic E-state index is 0.165. The quantitative estimate of drug-likeness (QED) is 0.248. The molecule has 1 aliphatic carbocycles. The average Bonchev–Trinajstić information content (AvgIpc) is 3.64. The smallest absolute Gasteiger partial charge is 0.142 e. The van der Waals surface area contributed by atoms with Crippen molar-refractivity contribution in [2.45, 2.75) is 112 Å². The highest BCUT2D eigenvalue weighted by atomic mass is 15.3. The fourth-order valence-electron chi connectivity index (χ4n) is 6.53. The van der Waals surface area contributed by atoms with Gasteiger partial charge in [0.2, 0.25) is 0 Å². The van der Waals surface area contributed by atoms with Crippen LogP contribution in [0.15, 0.2) is 65.7 Å². The molecule has 0 amide bonds. The van der Waals surface area contributed by atoms with E-state index in [1.54, 1.807) is 0 Å². The van der Waals surface area contributed by atoms with Gasteiger partial charge in [-0.3, -0.25) is 15.3 Å². The second kappa shape index (κ2) is 13.1. The van der Waals surface area contributed by atoms with Gasteiger partial charge in [-0.05, 0) is 59.9 Å². The highest BCUT2D eigenvalue weighted by Crippen LogP contribution is 2.65. The van der Waals surface area contributed by atoms with Gasteiger partial charge in [0, 0.05) is 16.5 Å². The molecule has 0 radical (unpaired) electrons. The van der Waals surface area contributed by atoms with Gasteiger partial charge in [-0.1, -0.05) is 124 Å². The molecule has 1 N–H and O–H groups in total. The van der Waals surface area contributed by atoms with Gasteiger partial charge in [0.15, 0.2) is 0 Å². The summed E-state index contributed by atoms with van der Waals surface area (Å²) >= 11 is 0. The van der Waals surface area contributed by atoms with Crippen LogP contribution in [0.4, 0.5) is 5.69 Å².